The summed E-state index contributed by atoms with van der Waals surface area (Å²) < 4.78 is 1.56. The zero-order valence-corrected chi connectivity index (χ0v) is 22.6. The predicted octanol–water partition coefficient (Wildman–Crippen LogP) is 4.71. The number of carbonyl (C=O) groups excluding carboxylic acids is 1. The monoisotopic (exact) mass is 516 g/mol. The molecule has 3 aromatic heterocycles. The quantitative estimate of drug-likeness (QED) is 0.382. The molecule has 1 fully saturated rings. The maximum atomic E-state index is 13.4. The van der Waals surface area contributed by atoms with Crippen molar-refractivity contribution < 1.29 is 4.79 Å². The van der Waals surface area contributed by atoms with Crippen LogP contribution in [0.5, 0.6) is 0 Å². The number of hydrogen-bond acceptors (Lipinski definition) is 7. The number of anilines is 1. The molecule has 4 aromatic rings. The fraction of sp³-hybridized carbons (Fsp3) is 0.393. The average Bonchev–Trinajstić information content (AvgIpc) is 3.54. The number of aryl methyl sites for hydroxylation is 3. The van der Waals surface area contributed by atoms with Crippen LogP contribution >= 0.6 is 11.3 Å². The van der Waals surface area contributed by atoms with Crippen molar-refractivity contribution >= 4 is 33.8 Å². The first kappa shape index (κ1) is 25.1. The second-order valence-corrected chi connectivity index (χ2v) is 11.1. The molecule has 1 atom stereocenters. The Morgan fingerprint density at radius 3 is 2.59 bits per heavy atom. The summed E-state index contributed by atoms with van der Waals surface area (Å²) in [6, 6.07) is 7.77. The van der Waals surface area contributed by atoms with Crippen molar-refractivity contribution in [2.75, 3.05) is 18.4 Å². The molecule has 5 rings (SSSR count). The highest BCUT2D eigenvalue weighted by Gasteiger charge is 2.24. The number of nitrogens with zero attached hydrogens (tertiary/aromatic N) is 5. The first-order valence-corrected chi connectivity index (χ1v) is 13.5. The molecule has 4 heterocycles. The van der Waals surface area contributed by atoms with Gasteiger partial charge in [-0.05, 0) is 57.4 Å². The van der Waals surface area contributed by atoms with Crippen molar-refractivity contribution in [3.8, 4) is 11.1 Å². The van der Waals surface area contributed by atoms with Gasteiger partial charge in [-0.1, -0.05) is 13.0 Å². The number of carbonyl (C=O) groups is 1. The number of fused-ring (bicyclic) bond motifs is 1. The first-order valence-electron chi connectivity index (χ1n) is 12.7. The van der Waals surface area contributed by atoms with Gasteiger partial charge in [0.1, 0.15) is 0 Å². The third kappa shape index (κ3) is 5.27. The number of benzene rings is 1. The highest BCUT2D eigenvalue weighted by molar-refractivity contribution is 7.11. The van der Waals surface area contributed by atoms with Crippen LogP contribution in [0, 0.1) is 26.7 Å². The normalized spacial score (nSPS) is 14.3. The number of thiazole rings is 1. The number of amides is 1. The third-order valence-electron chi connectivity index (χ3n) is 6.99. The summed E-state index contributed by atoms with van der Waals surface area (Å²) >= 11 is 1.70. The lowest BCUT2D eigenvalue weighted by Crippen LogP contribution is -2.36. The van der Waals surface area contributed by atoms with Crippen molar-refractivity contribution in [3.05, 3.63) is 68.4 Å². The summed E-state index contributed by atoms with van der Waals surface area (Å²) in [5.74, 6) is -0.174. The zero-order valence-electron chi connectivity index (χ0n) is 21.7. The predicted molar refractivity (Wildman–Crippen MR) is 148 cm³/mol. The highest BCUT2D eigenvalue weighted by atomic mass is 32.1. The molecule has 37 heavy (non-hydrogen) atoms. The van der Waals surface area contributed by atoms with Crippen molar-refractivity contribution in [1.82, 2.24) is 24.4 Å². The van der Waals surface area contributed by atoms with E-state index in [0.29, 0.717) is 24.0 Å². The summed E-state index contributed by atoms with van der Waals surface area (Å²) in [4.78, 5) is 42.8. The number of nitrogens with one attached hydrogen (secondary N) is 1. The number of likely N-dealkylation sites (tertiary alicyclic amines) is 1. The standard InChI is InChI=1S/C28H32N6O2S/c1-17(27(35)33-9-5-6-10-33)15-34-16-31-24-8-7-21(11-23(24)28(34)36)22-12-25(18(2)29-13-22)30-14-26-19(3)32-20(4)37-26/h7-8,11-13,16-17,30H,5-6,9-10,14-15H2,1-4H3. The van der Waals surface area contributed by atoms with Gasteiger partial charge in [0.2, 0.25) is 5.91 Å². The molecule has 1 aromatic carbocycles. The van der Waals surface area contributed by atoms with Crippen molar-refractivity contribution in [2.24, 2.45) is 5.92 Å². The number of hydrogen-bond donors (Lipinski definition) is 1. The number of rotatable bonds is 7. The molecular weight excluding hydrogens is 484 g/mol. The van der Waals surface area contributed by atoms with Gasteiger partial charge < -0.3 is 10.2 Å². The van der Waals surface area contributed by atoms with Gasteiger partial charge in [0.25, 0.3) is 5.56 Å². The molecule has 0 spiro atoms. The molecule has 1 amide bonds. The smallest absolute Gasteiger partial charge is 0.261 e. The van der Waals surface area contributed by atoms with E-state index in [1.54, 1.807) is 22.2 Å². The minimum absolute atomic E-state index is 0.104. The Balaban J connectivity index is 1.40. The summed E-state index contributed by atoms with van der Waals surface area (Å²) in [7, 11) is 0. The highest BCUT2D eigenvalue weighted by Crippen LogP contribution is 2.27. The van der Waals surface area contributed by atoms with E-state index in [-0.39, 0.29) is 17.4 Å². The summed E-state index contributed by atoms with van der Waals surface area (Å²) in [5, 5.41) is 5.09. The number of pyridine rings is 1. The van der Waals surface area contributed by atoms with E-state index in [0.717, 1.165) is 59.1 Å². The van der Waals surface area contributed by atoms with Crippen LogP contribution in [0.1, 0.15) is 41.0 Å². The van der Waals surface area contributed by atoms with Gasteiger partial charge in [-0.3, -0.25) is 19.1 Å². The Morgan fingerprint density at radius 1 is 1.08 bits per heavy atom. The lowest BCUT2D eigenvalue weighted by molar-refractivity contribution is -0.134. The van der Waals surface area contributed by atoms with Crippen molar-refractivity contribution in [3.63, 3.8) is 0 Å². The Morgan fingerprint density at radius 2 is 1.86 bits per heavy atom. The molecule has 1 aliphatic rings. The van der Waals surface area contributed by atoms with E-state index >= 15 is 0 Å². The fourth-order valence-electron chi connectivity index (χ4n) is 4.87. The van der Waals surface area contributed by atoms with Crippen LogP contribution < -0.4 is 10.9 Å². The van der Waals surface area contributed by atoms with Crippen LogP contribution in [0.2, 0.25) is 0 Å². The molecule has 1 N–H and O–H groups in total. The molecule has 0 bridgehead atoms. The molecule has 8 nitrogen and oxygen atoms in total. The van der Waals surface area contributed by atoms with Crippen molar-refractivity contribution in [2.45, 2.75) is 53.6 Å². The van der Waals surface area contributed by atoms with E-state index < -0.39 is 0 Å². The van der Waals surface area contributed by atoms with Gasteiger partial charge in [-0.2, -0.15) is 0 Å². The average molecular weight is 517 g/mol. The van der Waals surface area contributed by atoms with Gasteiger partial charge in [-0.15, -0.1) is 11.3 Å². The van der Waals surface area contributed by atoms with E-state index in [9.17, 15) is 9.59 Å². The third-order valence-corrected chi connectivity index (χ3v) is 8.07. The van der Waals surface area contributed by atoms with Crippen LogP contribution in [0.3, 0.4) is 0 Å². The summed E-state index contributed by atoms with van der Waals surface area (Å²) in [6.07, 6.45) is 5.48. The Bertz CT molecular complexity index is 1520. The van der Waals surface area contributed by atoms with Gasteiger partial charge >= 0.3 is 0 Å². The Hall–Kier alpha value is -3.59. The largest absolute Gasteiger partial charge is 0.379 e. The minimum Gasteiger partial charge on any atom is -0.379 e. The molecule has 0 radical (unpaired) electrons. The first-order chi connectivity index (χ1) is 17.8. The molecule has 0 aliphatic carbocycles. The van der Waals surface area contributed by atoms with Gasteiger partial charge in [0.05, 0.1) is 51.8 Å². The van der Waals surface area contributed by atoms with E-state index in [2.05, 4.69) is 26.3 Å². The van der Waals surface area contributed by atoms with Crippen LogP contribution in [0.25, 0.3) is 22.0 Å². The van der Waals surface area contributed by atoms with E-state index in [1.807, 2.05) is 57.0 Å². The zero-order chi connectivity index (χ0) is 26.1. The van der Waals surface area contributed by atoms with Gasteiger partial charge in [-0.25, -0.2) is 9.97 Å². The molecule has 9 heteroatoms. The van der Waals surface area contributed by atoms with Crippen molar-refractivity contribution in [1.29, 1.82) is 0 Å². The van der Waals surface area contributed by atoms with Crippen LogP contribution in [0.15, 0.2) is 41.6 Å². The molecule has 1 saturated heterocycles. The van der Waals surface area contributed by atoms with Gasteiger partial charge in [0, 0.05) is 36.3 Å². The fourth-order valence-corrected chi connectivity index (χ4v) is 5.75. The second-order valence-electron chi connectivity index (χ2n) is 9.82. The van der Waals surface area contributed by atoms with Gasteiger partial charge in [0.15, 0.2) is 0 Å². The summed E-state index contributed by atoms with van der Waals surface area (Å²) in [5.41, 5.74) is 5.21. The molecular formula is C28H32N6O2S. The van der Waals surface area contributed by atoms with Crippen LogP contribution in [-0.4, -0.2) is 43.4 Å². The van der Waals surface area contributed by atoms with E-state index in [4.69, 9.17) is 0 Å². The molecule has 192 valence electrons. The van der Waals surface area contributed by atoms with E-state index in [1.165, 1.54) is 4.88 Å². The lowest BCUT2D eigenvalue weighted by Gasteiger charge is -2.20. The lowest BCUT2D eigenvalue weighted by atomic mass is 10.0. The second kappa shape index (κ2) is 10.4. The van der Waals surface area contributed by atoms with Crippen LogP contribution in [-0.2, 0) is 17.9 Å². The topological polar surface area (TPSA) is 93.0 Å². The molecule has 0 saturated carbocycles. The summed E-state index contributed by atoms with van der Waals surface area (Å²) in [6.45, 7) is 10.5. The Labute approximate surface area is 220 Å². The number of aromatic nitrogens is 4. The maximum absolute atomic E-state index is 13.4. The SMILES string of the molecule is Cc1nc(C)c(CNc2cc(-c3ccc4ncn(CC(C)C(=O)N5CCCC5)c(=O)c4c3)cnc2C)s1. The minimum atomic E-state index is -0.279. The van der Waals surface area contributed by atoms with Crippen LogP contribution in [0.4, 0.5) is 5.69 Å². The maximum Gasteiger partial charge on any atom is 0.261 e. The Kier molecular flexibility index (Phi) is 7.06. The molecule has 1 aliphatic heterocycles. The molecule has 1 unspecified atom stereocenters.